The van der Waals surface area contributed by atoms with E-state index in [-0.39, 0.29) is 17.6 Å². The first kappa shape index (κ1) is 17.5. The second-order valence-corrected chi connectivity index (χ2v) is 6.26. The molecular formula is C17H20BrN3O2. The highest BCUT2D eigenvalue weighted by atomic mass is 79.9. The van der Waals surface area contributed by atoms with Gasteiger partial charge in [-0.25, -0.2) is 0 Å². The van der Waals surface area contributed by atoms with Gasteiger partial charge in [0.15, 0.2) is 0 Å². The average molecular weight is 378 g/mol. The molecule has 5 nitrogen and oxygen atoms in total. The van der Waals surface area contributed by atoms with E-state index >= 15 is 0 Å². The zero-order chi connectivity index (χ0) is 16.5. The van der Waals surface area contributed by atoms with E-state index in [4.69, 9.17) is 10.00 Å². The number of hydrogen-bond acceptors (Lipinski definition) is 4. The fourth-order valence-electron chi connectivity index (χ4n) is 2.30. The number of halogens is 1. The van der Waals surface area contributed by atoms with Gasteiger partial charge in [0.05, 0.1) is 6.10 Å². The van der Waals surface area contributed by atoms with Crippen molar-refractivity contribution >= 4 is 21.8 Å². The molecule has 1 aliphatic rings. The van der Waals surface area contributed by atoms with Gasteiger partial charge in [-0.2, -0.15) is 5.26 Å². The lowest BCUT2D eigenvalue weighted by atomic mass is 10.1. The Labute approximate surface area is 144 Å². The van der Waals surface area contributed by atoms with Crippen molar-refractivity contribution < 1.29 is 9.53 Å². The first-order valence-electron chi connectivity index (χ1n) is 7.67. The molecule has 1 amide bonds. The van der Waals surface area contributed by atoms with Crippen molar-refractivity contribution in [1.29, 1.82) is 5.26 Å². The third kappa shape index (κ3) is 6.05. The fraction of sp³-hybridized carbons (Fsp3) is 0.412. The van der Waals surface area contributed by atoms with Crippen LogP contribution in [0, 0.1) is 11.3 Å². The van der Waals surface area contributed by atoms with E-state index in [0.717, 1.165) is 30.3 Å². The Balaban J connectivity index is 1.73. The van der Waals surface area contributed by atoms with Gasteiger partial charge in [-0.05, 0) is 37.0 Å². The van der Waals surface area contributed by atoms with Gasteiger partial charge in [-0.3, -0.25) is 4.79 Å². The third-order valence-electron chi connectivity index (χ3n) is 3.60. The Morgan fingerprint density at radius 1 is 1.43 bits per heavy atom. The minimum absolute atomic E-state index is 0.0734. The Hall–Kier alpha value is -1.84. The molecule has 1 aliphatic heterocycles. The molecule has 0 aromatic heterocycles. The normalized spacial score (nSPS) is 17.6. The van der Waals surface area contributed by atoms with Gasteiger partial charge in [0, 0.05) is 30.4 Å². The smallest absolute Gasteiger partial charge is 0.263 e. The Morgan fingerprint density at radius 2 is 2.22 bits per heavy atom. The molecule has 23 heavy (non-hydrogen) atoms. The largest absolute Gasteiger partial charge is 0.389 e. The number of ether oxygens (including phenoxy) is 1. The van der Waals surface area contributed by atoms with Gasteiger partial charge in [-0.1, -0.05) is 28.1 Å². The summed E-state index contributed by atoms with van der Waals surface area (Å²) in [6, 6.07) is 9.98. The molecule has 6 heteroatoms. The molecule has 0 bridgehead atoms. The molecule has 0 saturated carbocycles. The summed E-state index contributed by atoms with van der Waals surface area (Å²) >= 11 is 3.40. The molecule has 1 unspecified atom stereocenters. The van der Waals surface area contributed by atoms with E-state index in [1.54, 1.807) is 0 Å². The lowest BCUT2D eigenvalue weighted by molar-refractivity contribution is -0.117. The van der Waals surface area contributed by atoms with Gasteiger partial charge in [0.1, 0.15) is 11.6 Å². The lowest BCUT2D eigenvalue weighted by Gasteiger charge is -2.10. The Kier molecular flexibility index (Phi) is 7.11. The van der Waals surface area contributed by atoms with Gasteiger partial charge in [0.25, 0.3) is 5.91 Å². The average Bonchev–Trinajstić information content (AvgIpc) is 3.08. The second-order valence-electron chi connectivity index (χ2n) is 5.35. The highest BCUT2D eigenvalue weighted by Crippen LogP contribution is 2.11. The fourth-order valence-corrected chi connectivity index (χ4v) is 2.56. The highest BCUT2D eigenvalue weighted by Gasteiger charge is 2.17. The summed E-state index contributed by atoms with van der Waals surface area (Å²) in [5.74, 6) is -0.362. The summed E-state index contributed by atoms with van der Waals surface area (Å²) in [6.07, 6.45) is 4.35. The molecular weight excluding hydrogens is 358 g/mol. The van der Waals surface area contributed by atoms with Crippen molar-refractivity contribution in [2.75, 3.05) is 19.7 Å². The van der Waals surface area contributed by atoms with Crippen molar-refractivity contribution in [3.05, 3.63) is 46.1 Å². The quantitative estimate of drug-likeness (QED) is 0.434. The van der Waals surface area contributed by atoms with Crippen LogP contribution in [0.2, 0.25) is 0 Å². The topological polar surface area (TPSA) is 74.2 Å². The van der Waals surface area contributed by atoms with Crippen molar-refractivity contribution in [2.45, 2.75) is 25.4 Å². The number of rotatable bonds is 7. The van der Waals surface area contributed by atoms with Crippen molar-refractivity contribution in [2.24, 2.45) is 0 Å². The lowest BCUT2D eigenvalue weighted by Crippen LogP contribution is -2.33. The highest BCUT2D eigenvalue weighted by molar-refractivity contribution is 9.10. The Bertz CT molecular complexity index is 587. The van der Waals surface area contributed by atoms with Gasteiger partial charge < -0.3 is 15.4 Å². The van der Waals surface area contributed by atoms with Crippen molar-refractivity contribution in [1.82, 2.24) is 10.6 Å². The zero-order valence-electron chi connectivity index (χ0n) is 12.8. The molecule has 0 radical (unpaired) electrons. The van der Waals surface area contributed by atoms with Crippen LogP contribution in [-0.4, -0.2) is 31.7 Å². The van der Waals surface area contributed by atoms with Gasteiger partial charge in [0.2, 0.25) is 0 Å². The van der Waals surface area contributed by atoms with Gasteiger partial charge >= 0.3 is 0 Å². The van der Waals surface area contributed by atoms with Crippen LogP contribution in [0.25, 0.3) is 0 Å². The summed E-state index contributed by atoms with van der Waals surface area (Å²) in [4.78, 5) is 11.9. The standard InChI is InChI=1S/C17H20BrN3O2/c18-15-5-3-13(4-6-15)7-8-20-11-14(10-19)17(22)21-12-16-2-1-9-23-16/h3-6,11,16,20H,1-2,7-9,12H2,(H,21,22)/b14-11-. The van der Waals surface area contributed by atoms with Gasteiger partial charge in [-0.15, -0.1) is 0 Å². The third-order valence-corrected chi connectivity index (χ3v) is 4.13. The van der Waals surface area contributed by atoms with Crippen LogP contribution < -0.4 is 10.6 Å². The number of carbonyl (C=O) groups is 1. The monoisotopic (exact) mass is 377 g/mol. The molecule has 1 saturated heterocycles. The maximum atomic E-state index is 11.9. The minimum atomic E-state index is -0.362. The summed E-state index contributed by atoms with van der Waals surface area (Å²) in [6.45, 7) is 1.86. The van der Waals surface area contributed by atoms with Crippen molar-refractivity contribution in [3.8, 4) is 6.07 Å². The summed E-state index contributed by atoms with van der Waals surface area (Å²) < 4.78 is 6.48. The molecule has 2 N–H and O–H groups in total. The van der Waals surface area contributed by atoms with E-state index in [1.165, 1.54) is 11.8 Å². The predicted octanol–water partition coefficient (Wildman–Crippen LogP) is 2.28. The van der Waals surface area contributed by atoms with Crippen molar-refractivity contribution in [3.63, 3.8) is 0 Å². The van der Waals surface area contributed by atoms with Crippen LogP contribution in [0.1, 0.15) is 18.4 Å². The molecule has 2 rings (SSSR count). The van der Waals surface area contributed by atoms with E-state index in [1.807, 2.05) is 30.3 Å². The van der Waals surface area contributed by atoms with Crippen LogP contribution in [0.15, 0.2) is 40.5 Å². The number of nitriles is 1. The first-order valence-corrected chi connectivity index (χ1v) is 8.46. The summed E-state index contributed by atoms with van der Waals surface area (Å²) in [7, 11) is 0. The van der Waals surface area contributed by atoms with E-state index in [2.05, 4.69) is 26.6 Å². The minimum Gasteiger partial charge on any atom is -0.389 e. The van der Waals surface area contributed by atoms with Crippen LogP contribution >= 0.6 is 15.9 Å². The van der Waals surface area contributed by atoms with E-state index in [9.17, 15) is 4.79 Å². The van der Waals surface area contributed by atoms with Crippen LogP contribution in [-0.2, 0) is 16.0 Å². The molecule has 1 heterocycles. The first-order chi connectivity index (χ1) is 11.2. The summed E-state index contributed by atoms with van der Waals surface area (Å²) in [5.41, 5.74) is 1.27. The number of amides is 1. The Morgan fingerprint density at radius 3 is 2.87 bits per heavy atom. The number of nitrogens with one attached hydrogen (secondary N) is 2. The second kappa shape index (κ2) is 9.33. The maximum absolute atomic E-state index is 11.9. The summed E-state index contributed by atoms with van der Waals surface area (Å²) in [5, 5.41) is 14.8. The molecule has 122 valence electrons. The maximum Gasteiger partial charge on any atom is 0.263 e. The number of nitrogens with zero attached hydrogens (tertiary/aromatic N) is 1. The zero-order valence-corrected chi connectivity index (χ0v) is 14.4. The SMILES string of the molecule is N#C/C(=C/NCCc1ccc(Br)cc1)C(=O)NCC1CCCO1. The van der Waals surface area contributed by atoms with Crippen LogP contribution in [0.4, 0.5) is 0 Å². The molecule has 0 spiro atoms. The number of carbonyl (C=O) groups excluding carboxylic acids is 1. The predicted molar refractivity (Wildman–Crippen MR) is 91.5 cm³/mol. The number of benzene rings is 1. The molecule has 1 fully saturated rings. The number of hydrogen-bond donors (Lipinski definition) is 2. The van der Waals surface area contributed by atoms with E-state index in [0.29, 0.717) is 13.1 Å². The van der Waals surface area contributed by atoms with Crippen LogP contribution in [0.3, 0.4) is 0 Å². The van der Waals surface area contributed by atoms with E-state index < -0.39 is 0 Å². The molecule has 1 atom stereocenters. The molecule has 1 aromatic carbocycles. The molecule has 0 aliphatic carbocycles. The molecule has 1 aromatic rings. The van der Waals surface area contributed by atoms with Crippen LogP contribution in [0.5, 0.6) is 0 Å².